The average molecular weight is 541 g/mol. The van der Waals surface area contributed by atoms with Gasteiger partial charge in [-0.05, 0) is 43.2 Å². The molecule has 35 heavy (non-hydrogen) atoms. The Morgan fingerprint density at radius 3 is 2.37 bits per heavy atom. The van der Waals surface area contributed by atoms with Crippen molar-refractivity contribution in [3.63, 3.8) is 0 Å². The zero-order valence-corrected chi connectivity index (χ0v) is 20.5. The normalized spacial score (nSPS) is 20.2. The summed E-state index contributed by atoms with van der Waals surface area (Å²) in [6, 6.07) is 4.92. The maximum Gasteiger partial charge on any atom is 0.310 e. The predicted molar refractivity (Wildman–Crippen MR) is 124 cm³/mol. The van der Waals surface area contributed by atoms with Crippen molar-refractivity contribution in [3.8, 4) is 5.88 Å². The van der Waals surface area contributed by atoms with E-state index in [0.29, 0.717) is 5.56 Å². The fourth-order valence-corrected chi connectivity index (χ4v) is 5.00. The Morgan fingerprint density at radius 1 is 1.17 bits per heavy atom. The van der Waals surface area contributed by atoms with Crippen LogP contribution in [0.4, 0.5) is 19.4 Å². The lowest BCUT2D eigenvalue weighted by Crippen LogP contribution is -2.41. The molecule has 6 nitrogen and oxygen atoms in total. The molecule has 0 saturated heterocycles. The smallest absolute Gasteiger partial charge is 0.310 e. The highest BCUT2D eigenvalue weighted by Gasteiger charge is 2.65. The van der Waals surface area contributed by atoms with E-state index in [1.165, 1.54) is 16.5 Å². The van der Waals surface area contributed by atoms with E-state index in [-0.39, 0.29) is 48.9 Å². The first-order chi connectivity index (χ1) is 15.9. The molecule has 3 rings (SSSR count). The first-order valence-electron chi connectivity index (χ1n) is 10.4. The predicted octanol–water partition coefficient (Wildman–Crippen LogP) is 5.10. The SMILES string of the molecule is CC(C)(O)COc1cc(CN(C(=O)Cc2ccc(S(F)(F)(F)(F)F)cc2)C2C=CS(=O)C2)ccn1. The molecule has 2 unspecified atom stereocenters. The lowest BCUT2D eigenvalue weighted by Gasteiger charge is -2.40. The number of halogens is 5. The first-order valence-corrected chi connectivity index (χ1v) is 13.7. The van der Waals surface area contributed by atoms with Crippen LogP contribution in [0.2, 0.25) is 0 Å². The second-order valence-corrected chi connectivity index (χ2v) is 12.6. The molecule has 1 aromatic heterocycles. The second kappa shape index (κ2) is 8.86. The van der Waals surface area contributed by atoms with Gasteiger partial charge in [-0.1, -0.05) is 37.6 Å². The summed E-state index contributed by atoms with van der Waals surface area (Å²) in [5.74, 6) is -0.120. The Labute approximate surface area is 202 Å². The summed E-state index contributed by atoms with van der Waals surface area (Å²) in [6.07, 6.45) is 2.72. The van der Waals surface area contributed by atoms with Crippen LogP contribution in [0.5, 0.6) is 5.88 Å². The van der Waals surface area contributed by atoms with E-state index in [2.05, 4.69) is 4.98 Å². The molecule has 194 valence electrons. The number of hydrogen-bond acceptors (Lipinski definition) is 5. The molecule has 0 bridgehead atoms. The number of amides is 1. The van der Waals surface area contributed by atoms with E-state index in [1.807, 2.05) is 0 Å². The molecule has 0 radical (unpaired) electrons. The van der Waals surface area contributed by atoms with Gasteiger partial charge in [0, 0.05) is 35.0 Å². The van der Waals surface area contributed by atoms with E-state index >= 15 is 0 Å². The molecule has 0 fully saturated rings. The van der Waals surface area contributed by atoms with Crippen LogP contribution in [-0.2, 0) is 28.6 Å². The summed E-state index contributed by atoms with van der Waals surface area (Å²) in [4.78, 5) is 16.6. The fourth-order valence-electron chi connectivity index (χ4n) is 3.26. The zero-order chi connectivity index (χ0) is 26.1. The summed E-state index contributed by atoms with van der Waals surface area (Å²) < 4.78 is 82.2. The molecule has 2 heterocycles. The van der Waals surface area contributed by atoms with Crippen LogP contribution < -0.4 is 4.74 Å². The van der Waals surface area contributed by atoms with Gasteiger partial charge in [0.1, 0.15) is 11.5 Å². The number of ether oxygens (including phenoxy) is 1. The monoisotopic (exact) mass is 540 g/mol. The zero-order valence-electron chi connectivity index (χ0n) is 18.9. The minimum Gasteiger partial charge on any atom is -0.475 e. The van der Waals surface area contributed by atoms with Crippen molar-refractivity contribution in [1.82, 2.24) is 9.88 Å². The Bertz CT molecular complexity index is 1150. The molecule has 1 aliphatic rings. The number of benzene rings is 1. The Hall–Kier alpha value is -2.51. The van der Waals surface area contributed by atoms with E-state index in [9.17, 15) is 33.5 Å². The van der Waals surface area contributed by atoms with Crippen molar-refractivity contribution in [2.75, 3.05) is 12.4 Å². The lowest BCUT2D eigenvalue weighted by atomic mass is 10.1. The Kier molecular flexibility index (Phi) is 6.85. The highest BCUT2D eigenvalue weighted by Crippen LogP contribution is 3.02. The van der Waals surface area contributed by atoms with Crippen LogP contribution in [0, 0.1) is 0 Å². The number of carbonyl (C=O) groups excluding carboxylic acids is 1. The molecule has 0 aliphatic carbocycles. The molecule has 0 saturated carbocycles. The van der Waals surface area contributed by atoms with Gasteiger partial charge >= 0.3 is 10.2 Å². The number of aromatic nitrogens is 1. The van der Waals surface area contributed by atoms with Gasteiger partial charge in [0.2, 0.25) is 11.8 Å². The number of nitrogens with zero attached hydrogens (tertiary/aromatic N) is 2. The number of carbonyl (C=O) groups is 1. The Morgan fingerprint density at radius 2 is 1.83 bits per heavy atom. The molecule has 1 aliphatic heterocycles. The van der Waals surface area contributed by atoms with Crippen molar-refractivity contribution in [3.05, 3.63) is 65.2 Å². The van der Waals surface area contributed by atoms with E-state index < -0.39 is 43.5 Å². The van der Waals surface area contributed by atoms with Gasteiger partial charge < -0.3 is 14.7 Å². The standard InChI is InChI=1S/C22H25F5N2O4S2/c1-22(2,31)15-33-20-11-17(7-9-28-20)13-29(18-8-10-34(32)14-18)21(30)12-16-3-5-19(6-4-16)35(23,24,25,26)27/h3-11,18,31H,12-15H2,1-2H3. The van der Waals surface area contributed by atoms with Gasteiger partial charge in [-0.25, -0.2) is 4.98 Å². The van der Waals surface area contributed by atoms with Gasteiger partial charge in [0.25, 0.3) is 0 Å². The number of aliphatic hydroxyl groups is 1. The van der Waals surface area contributed by atoms with E-state index in [4.69, 9.17) is 4.74 Å². The summed E-state index contributed by atoms with van der Waals surface area (Å²) in [5, 5.41) is 11.3. The minimum atomic E-state index is -9.81. The quantitative estimate of drug-likeness (QED) is 0.448. The number of rotatable bonds is 9. The van der Waals surface area contributed by atoms with Crippen molar-refractivity contribution >= 4 is 26.9 Å². The highest BCUT2D eigenvalue weighted by atomic mass is 32.5. The third kappa shape index (κ3) is 8.00. The van der Waals surface area contributed by atoms with Crippen LogP contribution >= 0.6 is 10.2 Å². The summed E-state index contributed by atoms with van der Waals surface area (Å²) in [7, 11) is -11.1. The number of hydrogen-bond donors (Lipinski definition) is 1. The maximum atomic E-state index is 13.1. The summed E-state index contributed by atoms with van der Waals surface area (Å²) in [5.41, 5.74) is -0.356. The average Bonchev–Trinajstić information content (AvgIpc) is 3.15. The molecule has 2 aromatic rings. The topological polar surface area (TPSA) is 79.7 Å². The number of pyridine rings is 1. The third-order valence-electron chi connectivity index (χ3n) is 4.96. The molecule has 13 heteroatoms. The highest BCUT2D eigenvalue weighted by molar-refractivity contribution is 8.45. The van der Waals surface area contributed by atoms with Crippen LogP contribution in [0.15, 0.2) is 59.0 Å². The minimum absolute atomic E-state index is 0.0224. The van der Waals surface area contributed by atoms with Crippen molar-refractivity contribution < 1.29 is 38.3 Å². The van der Waals surface area contributed by atoms with Gasteiger partial charge in [-0.3, -0.25) is 9.00 Å². The molecule has 0 spiro atoms. The van der Waals surface area contributed by atoms with E-state index in [0.717, 1.165) is 12.1 Å². The largest absolute Gasteiger partial charge is 0.475 e. The van der Waals surface area contributed by atoms with Gasteiger partial charge in [0.15, 0.2) is 0 Å². The fraction of sp³-hybridized carbons (Fsp3) is 0.364. The molecular formula is C22H25F5N2O4S2. The van der Waals surface area contributed by atoms with E-state index in [1.54, 1.807) is 32.1 Å². The molecular weight excluding hydrogens is 515 g/mol. The maximum absolute atomic E-state index is 13.1. The molecule has 1 aromatic carbocycles. The molecule has 1 amide bonds. The van der Waals surface area contributed by atoms with Crippen LogP contribution in [0.1, 0.15) is 25.0 Å². The van der Waals surface area contributed by atoms with Crippen molar-refractivity contribution in [2.45, 2.75) is 43.4 Å². The summed E-state index contributed by atoms with van der Waals surface area (Å²) in [6.45, 7) is 3.16. The summed E-state index contributed by atoms with van der Waals surface area (Å²) >= 11 is 0. The third-order valence-corrected chi connectivity index (χ3v) is 7.25. The van der Waals surface area contributed by atoms with Crippen LogP contribution in [0.25, 0.3) is 0 Å². The van der Waals surface area contributed by atoms with Gasteiger partial charge in [-0.15, -0.1) is 0 Å². The van der Waals surface area contributed by atoms with Crippen LogP contribution in [0.3, 0.4) is 0 Å². The van der Waals surface area contributed by atoms with Gasteiger partial charge in [0.05, 0.1) is 23.8 Å². The lowest BCUT2D eigenvalue weighted by molar-refractivity contribution is -0.132. The molecule has 2 atom stereocenters. The van der Waals surface area contributed by atoms with Crippen molar-refractivity contribution in [2.24, 2.45) is 0 Å². The van der Waals surface area contributed by atoms with Crippen LogP contribution in [-0.4, -0.2) is 49.1 Å². The van der Waals surface area contributed by atoms with Gasteiger partial charge in [-0.2, -0.15) is 0 Å². The molecule has 1 N–H and O–H groups in total. The first kappa shape index (κ1) is 27.1. The van der Waals surface area contributed by atoms with Crippen molar-refractivity contribution in [1.29, 1.82) is 0 Å². The second-order valence-electron chi connectivity index (χ2n) is 8.86. The Balaban J connectivity index is 1.79.